The molecule has 0 amide bonds. The van der Waals surface area contributed by atoms with Crippen molar-refractivity contribution in [2.24, 2.45) is 0 Å². The summed E-state index contributed by atoms with van der Waals surface area (Å²) in [6.07, 6.45) is -0.0965. The Kier molecular flexibility index (Phi) is 4.39. The Morgan fingerprint density at radius 1 is 1.03 bits per heavy atom. The summed E-state index contributed by atoms with van der Waals surface area (Å²) in [7, 11) is 0. The third-order valence-electron chi connectivity index (χ3n) is 5.13. The summed E-state index contributed by atoms with van der Waals surface area (Å²) in [6, 6.07) is 0. The van der Waals surface area contributed by atoms with Crippen LogP contribution in [0, 0.1) is 6.92 Å². The average molecular weight is 453 g/mol. The molecule has 1 aliphatic rings. The summed E-state index contributed by atoms with van der Waals surface area (Å²) in [5, 5.41) is 31.3. The second-order valence-electron chi connectivity index (χ2n) is 6.75. The number of rotatable bonds is 3. The lowest BCUT2D eigenvalue weighted by atomic mass is 10.1. The molecule has 0 saturated carbocycles. The summed E-state index contributed by atoms with van der Waals surface area (Å²) in [6.45, 7) is 1.20. The van der Waals surface area contributed by atoms with E-state index in [1.54, 1.807) is 6.92 Å². The lowest BCUT2D eigenvalue weighted by molar-refractivity contribution is -0.163. The normalized spacial score (nSPS) is 26.8. The highest BCUT2D eigenvalue weighted by atomic mass is 35.5. The number of fused-ring (bicyclic) bond motifs is 2. The second kappa shape index (κ2) is 6.77. The number of aliphatic hydroxyl groups excluding tert-OH is 3. The smallest absolute Gasteiger partial charge is 0.264 e. The fraction of sp³-hybridized carbons (Fsp3) is 0.375. The lowest BCUT2D eigenvalue weighted by Gasteiger charge is -2.34. The molecule has 0 aliphatic carbocycles. The van der Waals surface area contributed by atoms with Crippen molar-refractivity contribution in [1.82, 2.24) is 39.0 Å². The molecular weight excluding hydrogens is 439 g/mol. The van der Waals surface area contributed by atoms with Gasteiger partial charge in [0.15, 0.2) is 22.6 Å². The zero-order valence-electron chi connectivity index (χ0n) is 15.3. The SMILES string of the molecule is Cc1ncnc2c1ncn2C1(n2cnc3c(Cl)nc(Cl)nc32)O[C@H](CO)[C@@H](O)[C@H]1O. The van der Waals surface area contributed by atoms with Crippen molar-refractivity contribution in [3.8, 4) is 0 Å². The van der Waals surface area contributed by atoms with E-state index in [0.29, 0.717) is 16.9 Å². The van der Waals surface area contributed by atoms with Crippen LogP contribution in [0.15, 0.2) is 19.0 Å². The lowest BCUT2D eigenvalue weighted by Crippen LogP contribution is -2.51. The van der Waals surface area contributed by atoms with Gasteiger partial charge < -0.3 is 20.1 Å². The van der Waals surface area contributed by atoms with Crippen LogP contribution in [0.4, 0.5) is 0 Å². The molecule has 4 atom stereocenters. The molecule has 1 fully saturated rings. The van der Waals surface area contributed by atoms with Crippen LogP contribution >= 0.6 is 23.2 Å². The molecule has 12 nitrogen and oxygen atoms in total. The van der Waals surface area contributed by atoms with E-state index >= 15 is 0 Å². The van der Waals surface area contributed by atoms with Crippen molar-refractivity contribution in [2.45, 2.75) is 31.1 Å². The number of nitrogens with zero attached hydrogens (tertiary/aromatic N) is 8. The van der Waals surface area contributed by atoms with E-state index in [2.05, 4.69) is 29.9 Å². The summed E-state index contributed by atoms with van der Waals surface area (Å²) in [5.74, 6) is -1.86. The first-order valence-electron chi connectivity index (χ1n) is 8.75. The minimum absolute atomic E-state index is 0.000646. The molecule has 1 saturated heterocycles. The van der Waals surface area contributed by atoms with Gasteiger partial charge in [0.25, 0.3) is 5.85 Å². The van der Waals surface area contributed by atoms with Crippen LogP contribution in [0.3, 0.4) is 0 Å². The molecule has 5 rings (SSSR count). The first-order chi connectivity index (χ1) is 14.4. The molecule has 5 heterocycles. The van der Waals surface area contributed by atoms with Crippen LogP contribution in [0.5, 0.6) is 0 Å². The van der Waals surface area contributed by atoms with Gasteiger partial charge in [0.2, 0.25) is 5.28 Å². The molecule has 0 radical (unpaired) electrons. The molecule has 0 aromatic carbocycles. The van der Waals surface area contributed by atoms with Gasteiger partial charge >= 0.3 is 0 Å². The highest BCUT2D eigenvalue weighted by molar-refractivity contribution is 6.35. The Labute approximate surface area is 177 Å². The van der Waals surface area contributed by atoms with Gasteiger partial charge in [-0.25, -0.2) is 24.9 Å². The maximum absolute atomic E-state index is 11.1. The van der Waals surface area contributed by atoms with Gasteiger partial charge in [0, 0.05) is 0 Å². The van der Waals surface area contributed by atoms with Gasteiger partial charge in [0.1, 0.15) is 42.2 Å². The number of ether oxygens (including phenoxy) is 1. The summed E-state index contributed by atoms with van der Waals surface area (Å²) in [4.78, 5) is 25.0. The van der Waals surface area contributed by atoms with E-state index < -0.39 is 30.8 Å². The third kappa shape index (κ3) is 2.49. The molecule has 4 aromatic heterocycles. The Morgan fingerprint density at radius 3 is 2.43 bits per heavy atom. The topological polar surface area (TPSA) is 157 Å². The van der Waals surface area contributed by atoms with Crippen molar-refractivity contribution in [3.63, 3.8) is 0 Å². The van der Waals surface area contributed by atoms with Gasteiger partial charge in [-0.15, -0.1) is 0 Å². The van der Waals surface area contributed by atoms with E-state index in [-0.39, 0.29) is 21.6 Å². The number of hydrogen-bond acceptors (Lipinski definition) is 10. The van der Waals surface area contributed by atoms with Gasteiger partial charge in [-0.05, 0) is 18.5 Å². The first-order valence-corrected chi connectivity index (χ1v) is 9.50. The minimum atomic E-state index is -1.86. The number of aryl methyl sites for hydroxylation is 1. The van der Waals surface area contributed by atoms with Crippen molar-refractivity contribution >= 4 is 45.5 Å². The molecule has 0 spiro atoms. The van der Waals surface area contributed by atoms with Gasteiger partial charge in [-0.1, -0.05) is 11.6 Å². The molecule has 0 bridgehead atoms. The van der Waals surface area contributed by atoms with Crippen molar-refractivity contribution in [3.05, 3.63) is 35.1 Å². The molecule has 14 heteroatoms. The quantitative estimate of drug-likeness (QED) is 0.282. The number of halogens is 2. The standard InChI is InChI=1S/C16H14Cl2N8O4/c1-6-8-13(20-3-19-6)25(4-21-8)16(11(29)10(28)7(2-27)30-16)26-5-22-9-12(17)23-15(18)24-14(9)26/h3-5,7,10-11,27-29H,2H2,1H3/t7-,10-,11-,16?/m1/s1. The highest BCUT2D eigenvalue weighted by Crippen LogP contribution is 2.40. The van der Waals surface area contributed by atoms with Crippen LogP contribution in [0.25, 0.3) is 22.3 Å². The largest absolute Gasteiger partial charge is 0.394 e. The zero-order chi connectivity index (χ0) is 21.2. The van der Waals surface area contributed by atoms with E-state index in [1.807, 2.05) is 0 Å². The molecule has 3 N–H and O–H groups in total. The van der Waals surface area contributed by atoms with Gasteiger partial charge in [-0.3, -0.25) is 9.13 Å². The highest BCUT2D eigenvalue weighted by Gasteiger charge is 2.58. The molecule has 156 valence electrons. The Morgan fingerprint density at radius 2 is 1.73 bits per heavy atom. The summed E-state index contributed by atoms with van der Waals surface area (Å²) in [5.41, 5.74) is 1.72. The third-order valence-corrected chi connectivity index (χ3v) is 5.56. The molecule has 30 heavy (non-hydrogen) atoms. The van der Waals surface area contributed by atoms with E-state index in [1.165, 1.54) is 28.1 Å². The summed E-state index contributed by atoms with van der Waals surface area (Å²) >= 11 is 12.1. The number of imidazole rings is 2. The first kappa shape index (κ1) is 19.5. The van der Waals surface area contributed by atoms with E-state index in [0.717, 1.165) is 0 Å². The van der Waals surface area contributed by atoms with Gasteiger partial charge in [0.05, 0.1) is 12.3 Å². The molecule has 4 aromatic rings. The predicted octanol–water partition coefficient (Wildman–Crippen LogP) is -0.147. The van der Waals surface area contributed by atoms with E-state index in [4.69, 9.17) is 27.9 Å². The Bertz CT molecular complexity index is 1280. The monoisotopic (exact) mass is 452 g/mol. The number of aromatic nitrogens is 8. The zero-order valence-corrected chi connectivity index (χ0v) is 16.8. The second-order valence-corrected chi connectivity index (χ2v) is 7.45. The molecule has 1 unspecified atom stereocenters. The fourth-order valence-electron chi connectivity index (χ4n) is 3.71. The van der Waals surface area contributed by atoms with Gasteiger partial charge in [-0.2, -0.15) is 4.98 Å². The fourth-order valence-corrected chi connectivity index (χ4v) is 4.13. The van der Waals surface area contributed by atoms with Crippen LogP contribution in [0.2, 0.25) is 10.4 Å². The van der Waals surface area contributed by atoms with Crippen LogP contribution in [0.1, 0.15) is 5.69 Å². The van der Waals surface area contributed by atoms with Crippen LogP contribution in [-0.2, 0) is 10.6 Å². The molecular formula is C16H14Cl2N8O4. The van der Waals surface area contributed by atoms with E-state index in [9.17, 15) is 15.3 Å². The minimum Gasteiger partial charge on any atom is -0.394 e. The van der Waals surface area contributed by atoms with Crippen molar-refractivity contribution in [2.75, 3.05) is 6.61 Å². The maximum Gasteiger partial charge on any atom is 0.264 e. The van der Waals surface area contributed by atoms with Crippen LogP contribution in [-0.4, -0.2) is 79.3 Å². The Balaban J connectivity index is 1.87. The predicted molar refractivity (Wildman–Crippen MR) is 103 cm³/mol. The molecule has 1 aliphatic heterocycles. The van der Waals surface area contributed by atoms with Crippen LogP contribution < -0.4 is 0 Å². The summed E-state index contributed by atoms with van der Waals surface area (Å²) < 4.78 is 8.81. The number of aliphatic hydroxyl groups is 3. The average Bonchev–Trinajstić information content (AvgIpc) is 3.40. The number of hydrogen-bond donors (Lipinski definition) is 3. The van der Waals surface area contributed by atoms with Crippen molar-refractivity contribution in [1.29, 1.82) is 0 Å². The maximum atomic E-state index is 11.1. The van der Waals surface area contributed by atoms with Crippen molar-refractivity contribution < 1.29 is 20.1 Å². The Hall–Kier alpha value is -2.48.